The molecule has 0 saturated heterocycles. The Kier molecular flexibility index (Phi) is 3.40. The minimum Gasteiger partial charge on any atom is -0.261 e. The summed E-state index contributed by atoms with van der Waals surface area (Å²) in [6.07, 6.45) is 8.59. The van der Waals surface area contributed by atoms with E-state index in [4.69, 9.17) is 0 Å². The number of rotatable bonds is 5. The number of aromatic nitrogens is 1. The number of pyridine rings is 1. The van der Waals surface area contributed by atoms with Crippen LogP contribution in [0.5, 0.6) is 0 Å². The molecule has 1 aromatic heterocycles. The van der Waals surface area contributed by atoms with E-state index in [0.29, 0.717) is 0 Å². The molecule has 1 nitrogen and oxygen atoms in total. The first-order valence-electron chi connectivity index (χ1n) is 6.31. The standard InChI is InChI=1S/C14H21N/c1-3-5-11(4-2)13-8-9-14(15-10-13)12-6-7-12/h8-12H,3-7H2,1-2H3. The van der Waals surface area contributed by atoms with E-state index in [9.17, 15) is 0 Å². The van der Waals surface area contributed by atoms with Gasteiger partial charge in [-0.05, 0) is 43.2 Å². The summed E-state index contributed by atoms with van der Waals surface area (Å²) in [5, 5.41) is 0. The minimum atomic E-state index is 0.718. The molecule has 1 fully saturated rings. The molecule has 0 amide bonds. The highest BCUT2D eigenvalue weighted by atomic mass is 14.7. The molecule has 0 aromatic carbocycles. The number of nitrogens with zero attached hydrogens (tertiary/aromatic N) is 1. The lowest BCUT2D eigenvalue weighted by atomic mass is 9.93. The first-order valence-corrected chi connectivity index (χ1v) is 6.31. The van der Waals surface area contributed by atoms with Crippen molar-refractivity contribution in [2.45, 2.75) is 57.8 Å². The van der Waals surface area contributed by atoms with Crippen molar-refractivity contribution in [3.05, 3.63) is 29.6 Å². The van der Waals surface area contributed by atoms with Crippen LogP contribution in [0.4, 0.5) is 0 Å². The molecule has 1 aromatic rings. The van der Waals surface area contributed by atoms with E-state index in [0.717, 1.165) is 11.8 Å². The third-order valence-corrected chi connectivity index (χ3v) is 3.41. The Hall–Kier alpha value is -0.850. The quantitative estimate of drug-likeness (QED) is 0.697. The second kappa shape index (κ2) is 4.78. The lowest BCUT2D eigenvalue weighted by molar-refractivity contribution is 0.593. The lowest BCUT2D eigenvalue weighted by Crippen LogP contribution is -1.98. The van der Waals surface area contributed by atoms with Gasteiger partial charge in [-0.2, -0.15) is 0 Å². The molecular formula is C14H21N. The molecular weight excluding hydrogens is 182 g/mol. The van der Waals surface area contributed by atoms with Gasteiger partial charge in [-0.1, -0.05) is 26.3 Å². The molecule has 0 spiro atoms. The maximum absolute atomic E-state index is 4.59. The molecule has 0 radical (unpaired) electrons. The van der Waals surface area contributed by atoms with Crippen LogP contribution in [0.1, 0.15) is 69.0 Å². The van der Waals surface area contributed by atoms with Crippen molar-refractivity contribution in [2.24, 2.45) is 0 Å². The van der Waals surface area contributed by atoms with E-state index >= 15 is 0 Å². The fourth-order valence-electron chi connectivity index (χ4n) is 2.23. The predicted octanol–water partition coefficient (Wildman–Crippen LogP) is 4.25. The highest BCUT2D eigenvalue weighted by Gasteiger charge is 2.24. The Morgan fingerprint density at radius 2 is 2.13 bits per heavy atom. The molecule has 15 heavy (non-hydrogen) atoms. The van der Waals surface area contributed by atoms with Gasteiger partial charge in [0.25, 0.3) is 0 Å². The van der Waals surface area contributed by atoms with Crippen LogP contribution in [-0.4, -0.2) is 4.98 Å². The van der Waals surface area contributed by atoms with Crippen molar-refractivity contribution in [1.82, 2.24) is 4.98 Å². The summed E-state index contributed by atoms with van der Waals surface area (Å²) in [4.78, 5) is 4.59. The third-order valence-electron chi connectivity index (χ3n) is 3.41. The molecule has 1 atom stereocenters. The predicted molar refractivity (Wildman–Crippen MR) is 64.2 cm³/mol. The number of hydrogen-bond acceptors (Lipinski definition) is 1. The fraction of sp³-hybridized carbons (Fsp3) is 0.643. The van der Waals surface area contributed by atoms with Gasteiger partial charge in [0.2, 0.25) is 0 Å². The van der Waals surface area contributed by atoms with Crippen LogP contribution in [0.3, 0.4) is 0 Å². The summed E-state index contributed by atoms with van der Waals surface area (Å²) in [5.41, 5.74) is 2.74. The summed E-state index contributed by atoms with van der Waals surface area (Å²) >= 11 is 0. The van der Waals surface area contributed by atoms with Gasteiger partial charge in [0.05, 0.1) is 0 Å². The largest absolute Gasteiger partial charge is 0.261 e. The molecule has 1 aliphatic carbocycles. The SMILES string of the molecule is CCCC(CC)c1ccc(C2CC2)nc1. The zero-order chi connectivity index (χ0) is 10.7. The lowest BCUT2D eigenvalue weighted by Gasteiger charge is -2.13. The maximum Gasteiger partial charge on any atom is 0.0434 e. The molecule has 1 heteroatoms. The zero-order valence-corrected chi connectivity index (χ0v) is 9.87. The highest BCUT2D eigenvalue weighted by molar-refractivity contribution is 5.22. The molecule has 2 rings (SSSR count). The molecule has 0 aliphatic heterocycles. The van der Waals surface area contributed by atoms with E-state index in [2.05, 4.69) is 37.2 Å². The van der Waals surface area contributed by atoms with Gasteiger partial charge in [0.1, 0.15) is 0 Å². The first-order chi connectivity index (χ1) is 7.35. The van der Waals surface area contributed by atoms with E-state index in [1.807, 2.05) is 0 Å². The summed E-state index contributed by atoms with van der Waals surface area (Å²) < 4.78 is 0. The Labute approximate surface area is 92.9 Å². The van der Waals surface area contributed by atoms with Gasteiger partial charge in [-0.15, -0.1) is 0 Å². The van der Waals surface area contributed by atoms with Crippen molar-refractivity contribution in [2.75, 3.05) is 0 Å². The first kappa shape index (κ1) is 10.7. The third kappa shape index (κ3) is 2.58. The molecule has 1 aliphatic rings. The van der Waals surface area contributed by atoms with E-state index in [-0.39, 0.29) is 0 Å². The van der Waals surface area contributed by atoms with Gasteiger partial charge in [-0.3, -0.25) is 4.98 Å². The molecule has 0 bridgehead atoms. The van der Waals surface area contributed by atoms with E-state index in [1.54, 1.807) is 0 Å². The molecule has 82 valence electrons. The average Bonchev–Trinajstić information content (AvgIpc) is 3.10. The summed E-state index contributed by atoms with van der Waals surface area (Å²) in [5.74, 6) is 1.50. The van der Waals surface area contributed by atoms with Gasteiger partial charge < -0.3 is 0 Å². The summed E-state index contributed by atoms with van der Waals surface area (Å²) in [6.45, 7) is 4.53. The highest BCUT2D eigenvalue weighted by Crippen LogP contribution is 2.39. The van der Waals surface area contributed by atoms with Gasteiger partial charge in [0.15, 0.2) is 0 Å². The van der Waals surface area contributed by atoms with E-state index < -0.39 is 0 Å². The molecule has 1 unspecified atom stereocenters. The Morgan fingerprint density at radius 3 is 2.60 bits per heavy atom. The van der Waals surface area contributed by atoms with Gasteiger partial charge in [-0.25, -0.2) is 0 Å². The topological polar surface area (TPSA) is 12.9 Å². The Balaban J connectivity index is 2.06. The Bertz CT molecular complexity index is 298. The number of hydrogen-bond donors (Lipinski definition) is 0. The second-order valence-corrected chi connectivity index (χ2v) is 4.68. The van der Waals surface area contributed by atoms with Crippen molar-refractivity contribution < 1.29 is 0 Å². The van der Waals surface area contributed by atoms with Crippen molar-refractivity contribution in [3.63, 3.8) is 0 Å². The van der Waals surface area contributed by atoms with Crippen molar-refractivity contribution >= 4 is 0 Å². The average molecular weight is 203 g/mol. The smallest absolute Gasteiger partial charge is 0.0434 e. The van der Waals surface area contributed by atoms with Crippen molar-refractivity contribution in [1.29, 1.82) is 0 Å². The van der Waals surface area contributed by atoms with Crippen LogP contribution in [0, 0.1) is 0 Å². The zero-order valence-electron chi connectivity index (χ0n) is 9.87. The van der Waals surface area contributed by atoms with Crippen LogP contribution in [0.2, 0.25) is 0 Å². The van der Waals surface area contributed by atoms with Crippen LogP contribution < -0.4 is 0 Å². The second-order valence-electron chi connectivity index (χ2n) is 4.68. The molecule has 0 N–H and O–H groups in total. The van der Waals surface area contributed by atoms with Crippen LogP contribution in [-0.2, 0) is 0 Å². The van der Waals surface area contributed by atoms with Crippen LogP contribution in [0.15, 0.2) is 18.3 Å². The van der Waals surface area contributed by atoms with Gasteiger partial charge in [0, 0.05) is 17.8 Å². The Morgan fingerprint density at radius 1 is 1.33 bits per heavy atom. The van der Waals surface area contributed by atoms with Crippen LogP contribution >= 0.6 is 0 Å². The minimum absolute atomic E-state index is 0.718. The normalized spacial score (nSPS) is 17.7. The monoisotopic (exact) mass is 203 g/mol. The molecule has 1 saturated carbocycles. The van der Waals surface area contributed by atoms with Crippen molar-refractivity contribution in [3.8, 4) is 0 Å². The van der Waals surface area contributed by atoms with Gasteiger partial charge >= 0.3 is 0 Å². The van der Waals surface area contributed by atoms with Crippen LogP contribution in [0.25, 0.3) is 0 Å². The summed E-state index contributed by atoms with van der Waals surface area (Å²) in [6, 6.07) is 4.54. The molecule has 1 heterocycles. The fourth-order valence-corrected chi connectivity index (χ4v) is 2.23. The maximum atomic E-state index is 4.59. The summed E-state index contributed by atoms with van der Waals surface area (Å²) in [7, 11) is 0. The van der Waals surface area contributed by atoms with E-state index in [1.165, 1.54) is 43.4 Å².